The molecular formula is C26H35N3O2. The molecule has 2 aromatic rings. The number of pyridine rings is 1. The van der Waals surface area contributed by atoms with Crippen molar-refractivity contribution in [2.24, 2.45) is 13.0 Å². The lowest BCUT2D eigenvalue weighted by Gasteiger charge is -2.38. The molecule has 5 heteroatoms. The van der Waals surface area contributed by atoms with E-state index >= 15 is 0 Å². The Balaban J connectivity index is 1.33. The predicted molar refractivity (Wildman–Crippen MR) is 124 cm³/mol. The van der Waals surface area contributed by atoms with Gasteiger partial charge in [0.05, 0.1) is 5.56 Å². The van der Waals surface area contributed by atoms with E-state index in [1.54, 1.807) is 19.3 Å². The van der Waals surface area contributed by atoms with Gasteiger partial charge in [-0.1, -0.05) is 49.6 Å². The first-order valence-electron chi connectivity index (χ1n) is 11.8. The van der Waals surface area contributed by atoms with Crippen molar-refractivity contribution >= 4 is 5.91 Å². The minimum atomic E-state index is -0.101. The molecule has 1 aromatic heterocycles. The number of carbonyl (C=O) groups is 1. The van der Waals surface area contributed by atoms with Crippen LogP contribution in [0.25, 0.3) is 0 Å². The molecule has 1 saturated carbocycles. The minimum absolute atomic E-state index is 0.0848. The van der Waals surface area contributed by atoms with E-state index in [-0.39, 0.29) is 17.5 Å². The van der Waals surface area contributed by atoms with E-state index in [0.29, 0.717) is 11.5 Å². The summed E-state index contributed by atoms with van der Waals surface area (Å²) in [6, 6.07) is 14.3. The topological polar surface area (TPSA) is 54.3 Å². The standard InChI is InChI=1S/C26H35N3O2/c1-28-18-22(12-13-25(28)30)26(31)27-23-14-16-29(17-15-23)19-24(20-8-4-2-5-9-20)21-10-6-3-7-11-21/h2,4-5,8-9,12-13,18,21,23-24H,3,6-7,10-11,14-17,19H2,1H3,(H,27,31). The van der Waals surface area contributed by atoms with Gasteiger partial charge in [0.2, 0.25) is 5.56 Å². The first kappa shape index (κ1) is 21.8. The van der Waals surface area contributed by atoms with Gasteiger partial charge in [0.1, 0.15) is 0 Å². The highest BCUT2D eigenvalue weighted by Gasteiger charge is 2.29. The van der Waals surface area contributed by atoms with Gasteiger partial charge in [-0.3, -0.25) is 9.59 Å². The molecule has 1 unspecified atom stereocenters. The summed E-state index contributed by atoms with van der Waals surface area (Å²) in [4.78, 5) is 26.7. The second-order valence-corrected chi connectivity index (χ2v) is 9.33. The molecule has 2 heterocycles. The third-order valence-electron chi connectivity index (χ3n) is 7.17. The zero-order chi connectivity index (χ0) is 21.6. The smallest absolute Gasteiger partial charge is 0.252 e. The molecule has 1 atom stereocenters. The molecule has 1 amide bonds. The molecule has 1 aromatic carbocycles. The average molecular weight is 422 g/mol. The van der Waals surface area contributed by atoms with Crippen LogP contribution >= 0.6 is 0 Å². The number of carbonyl (C=O) groups excluding carboxylic acids is 1. The first-order chi connectivity index (χ1) is 15.1. The molecule has 0 bridgehead atoms. The molecule has 2 fully saturated rings. The predicted octanol–water partition coefficient (Wildman–Crippen LogP) is 3.94. The van der Waals surface area contributed by atoms with E-state index in [1.807, 2.05) is 0 Å². The quantitative estimate of drug-likeness (QED) is 0.769. The first-order valence-corrected chi connectivity index (χ1v) is 11.8. The van der Waals surface area contributed by atoms with Crippen LogP contribution in [0.2, 0.25) is 0 Å². The van der Waals surface area contributed by atoms with E-state index in [9.17, 15) is 9.59 Å². The van der Waals surface area contributed by atoms with Crippen molar-refractivity contribution in [3.63, 3.8) is 0 Å². The van der Waals surface area contributed by atoms with Crippen molar-refractivity contribution in [2.45, 2.75) is 56.9 Å². The molecule has 1 saturated heterocycles. The van der Waals surface area contributed by atoms with Crippen molar-refractivity contribution in [1.29, 1.82) is 0 Å². The average Bonchev–Trinajstić information content (AvgIpc) is 2.81. The fraction of sp³-hybridized carbons (Fsp3) is 0.538. The molecule has 0 spiro atoms. The van der Waals surface area contributed by atoms with Gasteiger partial charge in [0, 0.05) is 45.0 Å². The second kappa shape index (κ2) is 10.3. The number of aromatic nitrogens is 1. The highest BCUT2D eigenvalue weighted by Crippen LogP contribution is 2.37. The van der Waals surface area contributed by atoms with Gasteiger partial charge in [0.15, 0.2) is 0 Å². The Morgan fingerprint density at radius 1 is 1.00 bits per heavy atom. The number of nitrogens with zero attached hydrogens (tertiary/aromatic N) is 2. The number of hydrogen-bond acceptors (Lipinski definition) is 3. The Hall–Kier alpha value is -2.40. The van der Waals surface area contributed by atoms with Gasteiger partial charge in [-0.2, -0.15) is 0 Å². The zero-order valence-electron chi connectivity index (χ0n) is 18.6. The van der Waals surface area contributed by atoms with E-state index in [2.05, 4.69) is 40.5 Å². The SMILES string of the molecule is Cn1cc(C(=O)NC2CCN(CC(c3ccccc3)C3CCCCC3)CC2)ccc1=O. The molecular weight excluding hydrogens is 386 g/mol. The van der Waals surface area contributed by atoms with Gasteiger partial charge < -0.3 is 14.8 Å². The molecule has 166 valence electrons. The van der Waals surface area contributed by atoms with Crippen LogP contribution in [0.3, 0.4) is 0 Å². The minimum Gasteiger partial charge on any atom is -0.349 e. The lowest BCUT2D eigenvalue weighted by molar-refractivity contribution is 0.0904. The molecule has 0 radical (unpaired) electrons. The summed E-state index contributed by atoms with van der Waals surface area (Å²) in [7, 11) is 1.67. The maximum atomic E-state index is 12.6. The van der Waals surface area contributed by atoms with Crippen LogP contribution in [0, 0.1) is 5.92 Å². The molecule has 1 aliphatic carbocycles. The van der Waals surface area contributed by atoms with E-state index in [1.165, 1.54) is 48.3 Å². The summed E-state index contributed by atoms with van der Waals surface area (Å²) in [6.07, 6.45) is 10.4. The Bertz CT molecular complexity index is 910. The number of rotatable bonds is 6. The van der Waals surface area contributed by atoms with Crippen molar-refractivity contribution in [3.05, 3.63) is 70.1 Å². The molecule has 5 nitrogen and oxygen atoms in total. The fourth-order valence-corrected chi connectivity index (χ4v) is 5.30. The Kier molecular flexibility index (Phi) is 7.23. The second-order valence-electron chi connectivity index (χ2n) is 9.33. The summed E-state index contributed by atoms with van der Waals surface area (Å²) in [5, 5.41) is 3.17. The summed E-state index contributed by atoms with van der Waals surface area (Å²) in [6.45, 7) is 3.17. The molecule has 2 aliphatic rings. The van der Waals surface area contributed by atoms with Crippen LogP contribution < -0.4 is 10.9 Å². The van der Waals surface area contributed by atoms with Crippen molar-refractivity contribution in [2.75, 3.05) is 19.6 Å². The number of amides is 1. The van der Waals surface area contributed by atoms with Crippen molar-refractivity contribution in [1.82, 2.24) is 14.8 Å². The van der Waals surface area contributed by atoms with E-state index in [0.717, 1.165) is 38.4 Å². The van der Waals surface area contributed by atoms with Gasteiger partial charge in [-0.25, -0.2) is 0 Å². The Labute approximate surface area is 185 Å². The molecule has 4 rings (SSSR count). The number of nitrogens with one attached hydrogen (secondary N) is 1. The van der Waals surface area contributed by atoms with Gasteiger partial charge in [-0.15, -0.1) is 0 Å². The maximum absolute atomic E-state index is 12.6. The van der Waals surface area contributed by atoms with E-state index in [4.69, 9.17) is 0 Å². The highest BCUT2D eigenvalue weighted by molar-refractivity contribution is 5.94. The third kappa shape index (κ3) is 5.65. The van der Waals surface area contributed by atoms with E-state index < -0.39 is 0 Å². The van der Waals surface area contributed by atoms with Crippen LogP contribution in [0.4, 0.5) is 0 Å². The summed E-state index contributed by atoms with van der Waals surface area (Å²) < 4.78 is 1.45. The zero-order valence-corrected chi connectivity index (χ0v) is 18.6. The van der Waals surface area contributed by atoms with Gasteiger partial charge >= 0.3 is 0 Å². The highest BCUT2D eigenvalue weighted by atomic mass is 16.2. The lowest BCUT2D eigenvalue weighted by atomic mass is 9.76. The van der Waals surface area contributed by atoms with Crippen LogP contribution in [0.1, 0.15) is 66.8 Å². The molecule has 1 N–H and O–H groups in total. The van der Waals surface area contributed by atoms with Crippen molar-refractivity contribution < 1.29 is 4.79 Å². The molecule has 31 heavy (non-hydrogen) atoms. The lowest BCUT2D eigenvalue weighted by Crippen LogP contribution is -2.46. The largest absolute Gasteiger partial charge is 0.349 e. The normalized spacial score (nSPS) is 19.8. The number of likely N-dealkylation sites (tertiary alicyclic amines) is 1. The third-order valence-corrected chi connectivity index (χ3v) is 7.17. The number of aryl methyl sites for hydroxylation is 1. The van der Waals surface area contributed by atoms with Crippen LogP contribution in [-0.2, 0) is 7.05 Å². The molecule has 1 aliphatic heterocycles. The summed E-state index contributed by atoms with van der Waals surface area (Å²) in [5.74, 6) is 1.31. The van der Waals surface area contributed by atoms with Gasteiger partial charge in [0.25, 0.3) is 5.91 Å². The Morgan fingerprint density at radius 3 is 2.39 bits per heavy atom. The van der Waals surface area contributed by atoms with Crippen molar-refractivity contribution in [3.8, 4) is 0 Å². The maximum Gasteiger partial charge on any atom is 0.252 e. The Morgan fingerprint density at radius 2 is 1.71 bits per heavy atom. The van der Waals surface area contributed by atoms with Crippen LogP contribution in [-0.4, -0.2) is 41.1 Å². The van der Waals surface area contributed by atoms with Crippen LogP contribution in [0.15, 0.2) is 53.5 Å². The number of piperidine rings is 1. The monoisotopic (exact) mass is 421 g/mol. The summed E-state index contributed by atoms with van der Waals surface area (Å²) >= 11 is 0. The summed E-state index contributed by atoms with van der Waals surface area (Å²) in [5.41, 5.74) is 1.93. The van der Waals surface area contributed by atoms with Crippen LogP contribution in [0.5, 0.6) is 0 Å². The van der Waals surface area contributed by atoms with Gasteiger partial charge in [-0.05, 0) is 49.1 Å². The number of hydrogen-bond donors (Lipinski definition) is 1. The fourth-order valence-electron chi connectivity index (χ4n) is 5.30. The number of benzene rings is 1.